The van der Waals surface area contributed by atoms with Crippen molar-refractivity contribution >= 4 is 17.4 Å². The molecule has 2 aromatic heterocycles. The van der Waals surface area contributed by atoms with Gasteiger partial charge in [-0.2, -0.15) is 0 Å². The van der Waals surface area contributed by atoms with Crippen LogP contribution in [0, 0.1) is 0 Å². The van der Waals surface area contributed by atoms with Crippen LogP contribution in [0.2, 0.25) is 0 Å². The van der Waals surface area contributed by atoms with Crippen molar-refractivity contribution in [2.75, 3.05) is 24.9 Å². The quantitative estimate of drug-likeness (QED) is 0.668. The number of aromatic nitrogens is 2. The highest BCUT2D eigenvalue weighted by Gasteiger charge is 2.38. The molecule has 0 amide bonds. The molecule has 9 heteroatoms. The number of anilines is 2. The van der Waals surface area contributed by atoms with Gasteiger partial charge in [0.05, 0.1) is 26.5 Å². The molecule has 30 heavy (non-hydrogen) atoms. The lowest BCUT2D eigenvalue weighted by Gasteiger charge is -2.28. The summed E-state index contributed by atoms with van der Waals surface area (Å²) in [5, 5.41) is 14.4. The molecule has 2 unspecified atom stereocenters. The van der Waals surface area contributed by atoms with E-state index in [1.165, 1.54) is 0 Å². The molecular weight excluding hydrogens is 388 g/mol. The van der Waals surface area contributed by atoms with E-state index in [0.29, 0.717) is 41.5 Å². The van der Waals surface area contributed by atoms with Crippen molar-refractivity contribution in [3.8, 4) is 11.5 Å². The van der Waals surface area contributed by atoms with Crippen LogP contribution >= 0.6 is 0 Å². The molecule has 0 spiro atoms. The summed E-state index contributed by atoms with van der Waals surface area (Å²) >= 11 is 0. The van der Waals surface area contributed by atoms with Gasteiger partial charge in [0.2, 0.25) is 11.6 Å². The standard InChI is InChI=1S/C21H20N4O5/c1-27-13-6-12(7-14(10-13)28-2)19-18-15(22-20-21(23-19)25-30-24-20)8-11(9-16(18)26)17-4-3-5-29-17/h3-7,10-11,19H,8-9H2,1-2H3,(H,22,24)(H,23,25). The number of carbonyl (C=O) groups excluding carboxylic acids is 1. The number of ketones is 1. The molecule has 154 valence electrons. The summed E-state index contributed by atoms with van der Waals surface area (Å²) in [5.74, 6) is 2.87. The molecule has 3 aromatic rings. The normalized spacial score (nSPS) is 20.5. The number of allylic oxidation sites excluding steroid dienone is 1. The first-order chi connectivity index (χ1) is 14.7. The third kappa shape index (κ3) is 3.08. The van der Waals surface area contributed by atoms with E-state index in [-0.39, 0.29) is 11.7 Å². The molecule has 2 aliphatic rings. The van der Waals surface area contributed by atoms with Gasteiger partial charge < -0.3 is 24.5 Å². The molecule has 1 aliphatic heterocycles. The molecule has 2 N–H and O–H groups in total. The molecule has 2 atom stereocenters. The van der Waals surface area contributed by atoms with Crippen molar-refractivity contribution in [2.24, 2.45) is 0 Å². The van der Waals surface area contributed by atoms with Crippen molar-refractivity contribution in [1.82, 2.24) is 10.3 Å². The summed E-state index contributed by atoms with van der Waals surface area (Å²) in [7, 11) is 3.18. The maximum atomic E-state index is 13.3. The van der Waals surface area contributed by atoms with E-state index < -0.39 is 6.04 Å². The van der Waals surface area contributed by atoms with Crippen LogP contribution in [0.4, 0.5) is 11.6 Å². The average Bonchev–Trinajstić information content (AvgIpc) is 3.42. The lowest BCUT2D eigenvalue weighted by atomic mass is 9.80. The lowest BCUT2D eigenvalue weighted by molar-refractivity contribution is -0.116. The van der Waals surface area contributed by atoms with Crippen molar-refractivity contribution in [1.29, 1.82) is 0 Å². The molecule has 0 bridgehead atoms. The summed E-state index contributed by atoms with van der Waals surface area (Å²) in [6.45, 7) is 0. The molecule has 1 aliphatic carbocycles. The van der Waals surface area contributed by atoms with Gasteiger partial charge >= 0.3 is 0 Å². The molecule has 9 nitrogen and oxygen atoms in total. The lowest BCUT2D eigenvalue weighted by Crippen LogP contribution is -2.27. The van der Waals surface area contributed by atoms with Crippen LogP contribution in [0.15, 0.2) is 56.9 Å². The van der Waals surface area contributed by atoms with Gasteiger partial charge in [-0.05, 0) is 46.6 Å². The number of hydrogen-bond acceptors (Lipinski definition) is 9. The summed E-state index contributed by atoms with van der Waals surface area (Å²) in [5.41, 5.74) is 2.20. The molecule has 0 radical (unpaired) electrons. The zero-order valence-electron chi connectivity index (χ0n) is 16.5. The van der Waals surface area contributed by atoms with E-state index >= 15 is 0 Å². The van der Waals surface area contributed by atoms with E-state index in [9.17, 15) is 4.79 Å². The smallest absolute Gasteiger partial charge is 0.219 e. The van der Waals surface area contributed by atoms with Gasteiger partial charge in [0.25, 0.3) is 0 Å². The fraction of sp³-hybridized carbons (Fsp3) is 0.286. The van der Waals surface area contributed by atoms with Crippen LogP contribution < -0.4 is 20.1 Å². The summed E-state index contributed by atoms with van der Waals surface area (Å²) in [6, 6.07) is 8.77. The molecule has 5 rings (SSSR count). The first-order valence-corrected chi connectivity index (χ1v) is 9.55. The minimum absolute atomic E-state index is 0.0199. The van der Waals surface area contributed by atoms with Crippen LogP contribution in [-0.4, -0.2) is 30.3 Å². The van der Waals surface area contributed by atoms with Gasteiger partial charge in [-0.1, -0.05) is 0 Å². The number of furan rings is 1. The van der Waals surface area contributed by atoms with Crippen molar-refractivity contribution in [2.45, 2.75) is 24.8 Å². The second-order valence-corrected chi connectivity index (χ2v) is 7.25. The Morgan fingerprint density at radius 3 is 2.53 bits per heavy atom. The van der Waals surface area contributed by atoms with Crippen LogP contribution in [0.25, 0.3) is 0 Å². The highest BCUT2D eigenvalue weighted by atomic mass is 16.6. The molecule has 0 saturated heterocycles. The molecule has 3 heterocycles. The number of nitrogens with one attached hydrogen (secondary N) is 2. The minimum Gasteiger partial charge on any atom is -0.497 e. The number of rotatable bonds is 4. The fourth-order valence-corrected chi connectivity index (χ4v) is 4.07. The first kappa shape index (κ1) is 18.3. The summed E-state index contributed by atoms with van der Waals surface area (Å²) in [4.78, 5) is 13.3. The monoisotopic (exact) mass is 408 g/mol. The van der Waals surface area contributed by atoms with Crippen LogP contribution in [0.3, 0.4) is 0 Å². The number of benzene rings is 1. The molecule has 0 fully saturated rings. The van der Waals surface area contributed by atoms with Gasteiger partial charge in [-0.25, -0.2) is 4.63 Å². The van der Waals surface area contributed by atoms with Gasteiger partial charge in [-0.15, -0.1) is 0 Å². The number of carbonyl (C=O) groups is 1. The van der Waals surface area contributed by atoms with E-state index in [2.05, 4.69) is 20.9 Å². The summed E-state index contributed by atoms with van der Waals surface area (Å²) < 4.78 is 21.3. The highest BCUT2D eigenvalue weighted by Crippen LogP contribution is 2.44. The van der Waals surface area contributed by atoms with Gasteiger partial charge in [-0.3, -0.25) is 4.79 Å². The average molecular weight is 408 g/mol. The Morgan fingerprint density at radius 2 is 1.83 bits per heavy atom. The number of Topliss-reactive ketones (excluding diaryl/α,β-unsaturated/α-hetero) is 1. The predicted molar refractivity (Wildman–Crippen MR) is 107 cm³/mol. The predicted octanol–water partition coefficient (Wildman–Crippen LogP) is 3.66. The van der Waals surface area contributed by atoms with Crippen molar-refractivity contribution in [3.05, 3.63) is 59.2 Å². The number of fused-ring (bicyclic) bond motifs is 1. The zero-order valence-corrected chi connectivity index (χ0v) is 16.5. The highest BCUT2D eigenvalue weighted by molar-refractivity contribution is 6.00. The maximum absolute atomic E-state index is 13.3. The van der Waals surface area contributed by atoms with E-state index in [4.69, 9.17) is 18.5 Å². The summed E-state index contributed by atoms with van der Waals surface area (Å²) in [6.07, 6.45) is 2.57. The Hall–Kier alpha value is -3.75. The largest absolute Gasteiger partial charge is 0.497 e. The number of hydrogen-bond donors (Lipinski definition) is 2. The number of nitrogens with zero attached hydrogens (tertiary/aromatic N) is 2. The Labute approximate surface area is 172 Å². The third-order valence-corrected chi connectivity index (χ3v) is 5.49. The maximum Gasteiger partial charge on any atom is 0.219 e. The van der Waals surface area contributed by atoms with Crippen molar-refractivity contribution < 1.29 is 23.3 Å². The van der Waals surface area contributed by atoms with E-state index in [0.717, 1.165) is 17.0 Å². The third-order valence-electron chi connectivity index (χ3n) is 5.49. The number of ether oxygens (including phenoxy) is 2. The molecule has 1 aromatic carbocycles. The Morgan fingerprint density at radius 1 is 1.07 bits per heavy atom. The Kier molecular flexibility index (Phi) is 4.42. The number of methoxy groups -OCH3 is 2. The molecule has 0 saturated carbocycles. The van der Waals surface area contributed by atoms with Crippen LogP contribution in [0.1, 0.15) is 36.1 Å². The zero-order chi connectivity index (χ0) is 20.7. The first-order valence-electron chi connectivity index (χ1n) is 9.55. The van der Waals surface area contributed by atoms with Crippen LogP contribution in [-0.2, 0) is 4.79 Å². The van der Waals surface area contributed by atoms with E-state index in [1.54, 1.807) is 26.5 Å². The van der Waals surface area contributed by atoms with Crippen LogP contribution in [0.5, 0.6) is 11.5 Å². The fourth-order valence-electron chi connectivity index (χ4n) is 4.07. The topological polar surface area (TPSA) is 112 Å². The van der Waals surface area contributed by atoms with Gasteiger partial charge in [0, 0.05) is 29.7 Å². The van der Waals surface area contributed by atoms with Gasteiger partial charge in [0.15, 0.2) is 5.78 Å². The second-order valence-electron chi connectivity index (χ2n) is 7.25. The second kappa shape index (κ2) is 7.25. The van der Waals surface area contributed by atoms with Gasteiger partial charge in [0.1, 0.15) is 17.3 Å². The Bertz CT molecular complexity index is 1100. The van der Waals surface area contributed by atoms with Crippen molar-refractivity contribution in [3.63, 3.8) is 0 Å². The molecular formula is C21H20N4O5. The minimum atomic E-state index is -0.477. The Balaban J connectivity index is 1.63. The van der Waals surface area contributed by atoms with E-state index in [1.807, 2.05) is 24.3 Å². The SMILES string of the molecule is COc1cc(OC)cc(C2Nc3nonc3NC3=C2C(=O)CC(c2ccco2)C3)c1.